The molecule has 0 aromatic rings. The van der Waals surface area contributed by atoms with Crippen molar-refractivity contribution in [1.29, 1.82) is 0 Å². The first-order chi connectivity index (χ1) is 10.6. The lowest BCUT2D eigenvalue weighted by molar-refractivity contribution is -0.112. The molecule has 22 heavy (non-hydrogen) atoms. The average molecular weight is 297 g/mol. The fourth-order valence-electron chi connectivity index (χ4n) is 2.26. The summed E-state index contributed by atoms with van der Waals surface area (Å²) < 4.78 is 0. The fraction of sp³-hybridized carbons (Fsp3) is 0.222. The molecule has 1 atom stereocenters. The molecule has 1 aliphatic heterocycles. The van der Waals surface area contributed by atoms with Crippen LogP contribution in [0.4, 0.5) is 0 Å². The molecule has 0 aromatic carbocycles. The largest absolute Gasteiger partial charge is 0.364 e. The van der Waals surface area contributed by atoms with Crippen LogP contribution in [0, 0.1) is 0 Å². The quantitative estimate of drug-likeness (QED) is 0.733. The monoisotopic (exact) mass is 297 g/mol. The van der Waals surface area contributed by atoms with Gasteiger partial charge in [0.2, 0.25) is 0 Å². The molecule has 0 saturated heterocycles. The Bertz CT molecular complexity index is 591. The third-order valence-electron chi connectivity index (χ3n) is 3.14. The van der Waals surface area contributed by atoms with Crippen LogP contribution >= 0.6 is 0 Å². The maximum atomic E-state index is 11.5. The van der Waals surface area contributed by atoms with Crippen LogP contribution in [-0.2, 0) is 4.79 Å². The Balaban J connectivity index is 3.33. The van der Waals surface area contributed by atoms with E-state index in [2.05, 4.69) is 18.3 Å². The lowest BCUT2D eigenvalue weighted by Crippen LogP contribution is -2.28. The van der Waals surface area contributed by atoms with Crippen LogP contribution in [0.2, 0.25) is 0 Å². The van der Waals surface area contributed by atoms with Crippen LogP contribution in [0.1, 0.15) is 20.3 Å². The minimum Gasteiger partial charge on any atom is -0.364 e. The number of amides is 1. The fourth-order valence-corrected chi connectivity index (χ4v) is 2.26. The van der Waals surface area contributed by atoms with Crippen LogP contribution in [0.15, 0.2) is 78.1 Å². The Kier molecular flexibility index (Phi) is 6.83. The number of carbonyl (C=O) groups excluding carboxylic acids is 1. The molecule has 0 radical (unpaired) electrons. The van der Waals surface area contributed by atoms with Crippen molar-refractivity contribution in [2.24, 2.45) is 10.8 Å². The maximum Gasteiger partial charge on any atom is 0.265 e. The highest BCUT2D eigenvalue weighted by molar-refractivity contribution is 6.38. The van der Waals surface area contributed by atoms with Crippen molar-refractivity contribution < 1.29 is 4.79 Å². The number of allylic oxidation sites excluding steroid dienone is 7. The molecule has 116 valence electrons. The van der Waals surface area contributed by atoms with Gasteiger partial charge in [0.15, 0.2) is 0 Å². The van der Waals surface area contributed by atoms with E-state index in [0.29, 0.717) is 12.1 Å². The van der Waals surface area contributed by atoms with Gasteiger partial charge in [-0.15, -0.1) is 0 Å². The predicted molar refractivity (Wildman–Crippen MR) is 93.1 cm³/mol. The van der Waals surface area contributed by atoms with Crippen LogP contribution < -0.4 is 5.73 Å². The van der Waals surface area contributed by atoms with Crippen molar-refractivity contribution in [3.05, 3.63) is 73.0 Å². The van der Waals surface area contributed by atoms with Crippen molar-refractivity contribution in [2.45, 2.75) is 26.3 Å². The van der Waals surface area contributed by atoms with Gasteiger partial charge in [0.1, 0.15) is 5.71 Å². The molecule has 4 heteroatoms. The normalized spacial score (nSPS) is 19.8. The standard InChI is InChI=1S/C18H23N3O/c1-5-9-14(10-6-2)17-13-16(18(19)22)20-21(17)15(11-7-3)12-8-4/h5-12,17H,1,3,13H2,2,4H3,(H2,19,22)/b10-6-,12-8-,14-9+,15-11+. The van der Waals surface area contributed by atoms with Gasteiger partial charge in [0, 0.05) is 6.42 Å². The molecule has 0 bridgehead atoms. The van der Waals surface area contributed by atoms with Crippen molar-refractivity contribution in [3.8, 4) is 0 Å². The summed E-state index contributed by atoms with van der Waals surface area (Å²) in [5.41, 5.74) is 7.63. The molecule has 1 unspecified atom stereocenters. The number of hydrogen-bond acceptors (Lipinski definition) is 3. The Hall–Kier alpha value is -2.62. The molecule has 0 saturated carbocycles. The highest BCUT2D eigenvalue weighted by Gasteiger charge is 2.32. The zero-order valence-corrected chi connectivity index (χ0v) is 13.2. The van der Waals surface area contributed by atoms with Gasteiger partial charge in [-0.05, 0) is 31.6 Å². The first-order valence-electron chi connectivity index (χ1n) is 7.16. The summed E-state index contributed by atoms with van der Waals surface area (Å²) in [6.07, 6.45) is 15.4. The molecule has 1 rings (SSSR count). The molecule has 1 amide bonds. The molecular formula is C18H23N3O. The van der Waals surface area contributed by atoms with E-state index in [0.717, 1.165) is 11.3 Å². The Labute approximate surface area is 132 Å². The molecule has 0 fully saturated rings. The van der Waals surface area contributed by atoms with Gasteiger partial charge in [-0.25, -0.2) is 0 Å². The first kappa shape index (κ1) is 17.4. The van der Waals surface area contributed by atoms with E-state index in [1.807, 2.05) is 50.3 Å². The Morgan fingerprint density at radius 2 is 1.86 bits per heavy atom. The van der Waals surface area contributed by atoms with Gasteiger partial charge in [-0.2, -0.15) is 5.10 Å². The van der Waals surface area contributed by atoms with Crippen molar-refractivity contribution in [1.82, 2.24) is 5.01 Å². The van der Waals surface area contributed by atoms with Gasteiger partial charge in [-0.3, -0.25) is 9.80 Å². The summed E-state index contributed by atoms with van der Waals surface area (Å²) in [5, 5.41) is 6.19. The number of carbonyl (C=O) groups is 1. The maximum absolute atomic E-state index is 11.5. The van der Waals surface area contributed by atoms with E-state index in [-0.39, 0.29) is 6.04 Å². The van der Waals surface area contributed by atoms with E-state index in [4.69, 9.17) is 5.73 Å². The highest BCUT2D eigenvalue weighted by Crippen LogP contribution is 2.28. The van der Waals surface area contributed by atoms with Gasteiger partial charge >= 0.3 is 0 Å². The molecule has 2 N–H and O–H groups in total. The number of rotatable bonds is 7. The summed E-state index contributed by atoms with van der Waals surface area (Å²) in [7, 11) is 0. The first-order valence-corrected chi connectivity index (χ1v) is 7.16. The predicted octanol–water partition coefficient (Wildman–Crippen LogP) is 3.24. The van der Waals surface area contributed by atoms with Crippen LogP contribution in [0.3, 0.4) is 0 Å². The SMILES string of the molecule is C=C/C=C(\C=C/C)C1CC(C(N)=O)=NN1C(/C=C\C)=C/C=C. The van der Waals surface area contributed by atoms with E-state index in [1.165, 1.54) is 0 Å². The second kappa shape index (κ2) is 8.62. The third kappa shape index (κ3) is 4.19. The van der Waals surface area contributed by atoms with Crippen molar-refractivity contribution >= 4 is 11.6 Å². The molecule has 0 aromatic heterocycles. The summed E-state index contributed by atoms with van der Waals surface area (Å²) in [5.74, 6) is -0.496. The number of hydrogen-bond donors (Lipinski definition) is 1. The second-order valence-electron chi connectivity index (χ2n) is 4.71. The molecule has 0 spiro atoms. The lowest BCUT2D eigenvalue weighted by Gasteiger charge is -2.25. The second-order valence-corrected chi connectivity index (χ2v) is 4.71. The zero-order chi connectivity index (χ0) is 16.5. The highest BCUT2D eigenvalue weighted by atomic mass is 16.1. The molecule has 0 aliphatic carbocycles. The van der Waals surface area contributed by atoms with Gasteiger partial charge in [0.25, 0.3) is 5.91 Å². The average Bonchev–Trinajstić information content (AvgIpc) is 2.92. The van der Waals surface area contributed by atoms with E-state index in [9.17, 15) is 4.79 Å². The number of hydrazone groups is 1. The lowest BCUT2D eigenvalue weighted by atomic mass is 10.00. The molecule has 1 aliphatic rings. The van der Waals surface area contributed by atoms with Crippen LogP contribution in [-0.4, -0.2) is 22.7 Å². The number of nitrogens with two attached hydrogens (primary N) is 1. The van der Waals surface area contributed by atoms with Gasteiger partial charge in [-0.1, -0.05) is 49.6 Å². The number of nitrogens with zero attached hydrogens (tertiary/aromatic N) is 2. The Morgan fingerprint density at radius 1 is 1.23 bits per heavy atom. The molecular weight excluding hydrogens is 274 g/mol. The topological polar surface area (TPSA) is 58.7 Å². The zero-order valence-electron chi connectivity index (χ0n) is 13.2. The number of primary amides is 1. The van der Waals surface area contributed by atoms with Crippen molar-refractivity contribution in [3.63, 3.8) is 0 Å². The van der Waals surface area contributed by atoms with Gasteiger partial charge < -0.3 is 5.73 Å². The summed E-state index contributed by atoms with van der Waals surface area (Å²) in [6.45, 7) is 11.3. The molecule has 1 heterocycles. The summed E-state index contributed by atoms with van der Waals surface area (Å²) in [4.78, 5) is 11.5. The summed E-state index contributed by atoms with van der Waals surface area (Å²) >= 11 is 0. The minimum atomic E-state index is -0.496. The Morgan fingerprint density at radius 3 is 2.36 bits per heavy atom. The minimum absolute atomic E-state index is 0.0981. The molecule has 4 nitrogen and oxygen atoms in total. The smallest absolute Gasteiger partial charge is 0.265 e. The van der Waals surface area contributed by atoms with Crippen LogP contribution in [0.5, 0.6) is 0 Å². The summed E-state index contributed by atoms with van der Waals surface area (Å²) in [6, 6.07) is -0.0981. The van der Waals surface area contributed by atoms with E-state index in [1.54, 1.807) is 17.2 Å². The van der Waals surface area contributed by atoms with Crippen LogP contribution in [0.25, 0.3) is 0 Å². The van der Waals surface area contributed by atoms with E-state index >= 15 is 0 Å². The third-order valence-corrected chi connectivity index (χ3v) is 3.14. The van der Waals surface area contributed by atoms with Gasteiger partial charge in [0.05, 0.1) is 11.7 Å². The van der Waals surface area contributed by atoms with E-state index < -0.39 is 5.91 Å². The van der Waals surface area contributed by atoms with Crippen molar-refractivity contribution in [2.75, 3.05) is 0 Å².